The van der Waals surface area contributed by atoms with Gasteiger partial charge in [0.05, 0.1) is 11.9 Å². The Morgan fingerprint density at radius 3 is 2.48 bits per heavy atom. The highest BCUT2D eigenvalue weighted by Crippen LogP contribution is 2.22. The van der Waals surface area contributed by atoms with E-state index in [1.165, 1.54) is 16.8 Å². The highest BCUT2D eigenvalue weighted by Gasteiger charge is 2.20. The fourth-order valence-electron chi connectivity index (χ4n) is 2.72. The Kier molecular flexibility index (Phi) is 4.63. The first-order valence-corrected chi connectivity index (χ1v) is 7.86. The monoisotopic (exact) mass is 336 g/mol. The molecular formula is C16H18ClFN4O. The van der Waals surface area contributed by atoms with Gasteiger partial charge in [-0.1, -0.05) is 23.7 Å². The zero-order valence-corrected chi connectivity index (χ0v) is 13.6. The Labute approximate surface area is 138 Å². The van der Waals surface area contributed by atoms with E-state index >= 15 is 0 Å². The Morgan fingerprint density at radius 2 is 1.83 bits per heavy atom. The average molecular weight is 337 g/mol. The van der Waals surface area contributed by atoms with Gasteiger partial charge in [-0.25, -0.2) is 9.07 Å². The first-order chi connectivity index (χ1) is 11.0. The van der Waals surface area contributed by atoms with E-state index in [0.717, 1.165) is 38.3 Å². The van der Waals surface area contributed by atoms with Crippen molar-refractivity contribution in [3.8, 4) is 0 Å². The molecule has 0 radical (unpaired) electrons. The molecule has 7 heteroatoms. The molecule has 2 aromatic rings. The molecule has 1 aliphatic rings. The van der Waals surface area contributed by atoms with Crippen LogP contribution in [-0.2, 0) is 13.6 Å². The first kappa shape index (κ1) is 16.0. The van der Waals surface area contributed by atoms with Gasteiger partial charge in [0, 0.05) is 39.8 Å². The van der Waals surface area contributed by atoms with Crippen molar-refractivity contribution in [1.29, 1.82) is 0 Å². The smallest absolute Gasteiger partial charge is 0.287 e. The molecule has 3 rings (SSSR count). The van der Waals surface area contributed by atoms with Gasteiger partial charge in [0.1, 0.15) is 10.8 Å². The first-order valence-electron chi connectivity index (χ1n) is 7.48. The van der Waals surface area contributed by atoms with Gasteiger partial charge in [0.15, 0.2) is 0 Å². The molecule has 0 unspecified atom stereocenters. The van der Waals surface area contributed by atoms with Crippen LogP contribution in [0.25, 0.3) is 0 Å². The van der Waals surface area contributed by atoms with Crippen molar-refractivity contribution >= 4 is 17.3 Å². The summed E-state index contributed by atoms with van der Waals surface area (Å²) in [6.07, 6.45) is 1.64. The van der Waals surface area contributed by atoms with E-state index in [-0.39, 0.29) is 16.4 Å². The number of aryl methyl sites for hydroxylation is 1. The van der Waals surface area contributed by atoms with E-state index in [1.54, 1.807) is 13.2 Å². The zero-order chi connectivity index (χ0) is 16.4. The molecule has 1 fully saturated rings. The van der Waals surface area contributed by atoms with Crippen molar-refractivity contribution in [2.24, 2.45) is 7.05 Å². The highest BCUT2D eigenvalue weighted by molar-refractivity contribution is 6.33. The van der Waals surface area contributed by atoms with E-state index in [2.05, 4.69) is 14.9 Å². The van der Waals surface area contributed by atoms with E-state index in [0.29, 0.717) is 5.69 Å². The minimum absolute atomic E-state index is 0.216. The second-order valence-electron chi connectivity index (χ2n) is 5.66. The number of piperazine rings is 1. The summed E-state index contributed by atoms with van der Waals surface area (Å²) >= 11 is 6.15. The molecule has 0 aliphatic carbocycles. The maximum Gasteiger partial charge on any atom is 0.287 e. The molecule has 1 saturated heterocycles. The van der Waals surface area contributed by atoms with Gasteiger partial charge < -0.3 is 4.90 Å². The van der Waals surface area contributed by atoms with Gasteiger partial charge in [0.2, 0.25) is 0 Å². The van der Waals surface area contributed by atoms with Crippen LogP contribution in [0.4, 0.5) is 10.1 Å². The van der Waals surface area contributed by atoms with Crippen LogP contribution in [0.1, 0.15) is 5.56 Å². The number of aromatic nitrogens is 2. The third-order valence-electron chi connectivity index (χ3n) is 4.09. The largest absolute Gasteiger partial charge is 0.366 e. The Bertz CT molecular complexity index is 739. The van der Waals surface area contributed by atoms with Crippen LogP contribution in [0.5, 0.6) is 0 Å². The Morgan fingerprint density at radius 1 is 1.17 bits per heavy atom. The number of hydrogen-bond donors (Lipinski definition) is 0. The summed E-state index contributed by atoms with van der Waals surface area (Å²) in [5.74, 6) is -0.216. The summed E-state index contributed by atoms with van der Waals surface area (Å²) in [5.41, 5.74) is 1.50. The van der Waals surface area contributed by atoms with Crippen LogP contribution < -0.4 is 10.5 Å². The normalized spacial score (nSPS) is 15.9. The summed E-state index contributed by atoms with van der Waals surface area (Å²) in [5, 5.41) is 4.26. The van der Waals surface area contributed by atoms with Crippen molar-refractivity contribution in [2.75, 3.05) is 31.1 Å². The van der Waals surface area contributed by atoms with E-state index in [1.807, 2.05) is 12.1 Å². The molecule has 0 atom stereocenters. The highest BCUT2D eigenvalue weighted by atomic mass is 35.5. The van der Waals surface area contributed by atoms with Crippen molar-refractivity contribution in [3.63, 3.8) is 0 Å². The van der Waals surface area contributed by atoms with Gasteiger partial charge in [-0.2, -0.15) is 5.10 Å². The van der Waals surface area contributed by atoms with E-state index in [4.69, 9.17) is 11.6 Å². The minimum Gasteiger partial charge on any atom is -0.366 e. The number of hydrogen-bond acceptors (Lipinski definition) is 4. The lowest BCUT2D eigenvalue weighted by Crippen LogP contribution is -2.46. The fraction of sp³-hybridized carbons (Fsp3) is 0.375. The van der Waals surface area contributed by atoms with Crippen molar-refractivity contribution < 1.29 is 4.39 Å². The molecule has 1 aliphatic heterocycles. The van der Waals surface area contributed by atoms with Crippen LogP contribution in [-0.4, -0.2) is 40.9 Å². The predicted octanol–water partition coefficient (Wildman–Crippen LogP) is 1.89. The van der Waals surface area contributed by atoms with E-state index in [9.17, 15) is 9.18 Å². The molecule has 23 heavy (non-hydrogen) atoms. The molecule has 122 valence electrons. The molecule has 2 heterocycles. The summed E-state index contributed by atoms with van der Waals surface area (Å²) in [7, 11) is 1.58. The molecular weight excluding hydrogens is 319 g/mol. The maximum atomic E-state index is 12.9. The number of halogens is 2. The summed E-state index contributed by atoms with van der Waals surface area (Å²) in [6, 6.07) is 6.58. The zero-order valence-electron chi connectivity index (χ0n) is 12.9. The standard InChI is InChI=1S/C16H18ClFN4O/c1-20-16(23)15(17)14(10-19-20)22-8-6-21(7-9-22)11-12-2-4-13(18)5-3-12/h2-5,10H,6-9,11H2,1H3. The lowest BCUT2D eigenvalue weighted by molar-refractivity contribution is 0.249. The Balaban J connectivity index is 1.63. The quantitative estimate of drug-likeness (QED) is 0.858. The minimum atomic E-state index is -0.280. The van der Waals surface area contributed by atoms with Crippen molar-refractivity contribution in [3.05, 3.63) is 57.2 Å². The van der Waals surface area contributed by atoms with Crippen molar-refractivity contribution in [1.82, 2.24) is 14.7 Å². The summed E-state index contributed by atoms with van der Waals surface area (Å²) < 4.78 is 14.2. The molecule has 5 nitrogen and oxygen atoms in total. The van der Waals surface area contributed by atoms with Crippen LogP contribution >= 0.6 is 11.6 Å². The third kappa shape index (κ3) is 3.54. The van der Waals surface area contributed by atoms with Crippen LogP contribution in [0.15, 0.2) is 35.3 Å². The van der Waals surface area contributed by atoms with Crippen LogP contribution in [0.3, 0.4) is 0 Å². The predicted molar refractivity (Wildman–Crippen MR) is 88.4 cm³/mol. The van der Waals surface area contributed by atoms with E-state index < -0.39 is 0 Å². The molecule has 0 bridgehead atoms. The summed E-state index contributed by atoms with van der Waals surface area (Å²) in [6.45, 7) is 4.04. The lowest BCUT2D eigenvalue weighted by atomic mass is 10.2. The topological polar surface area (TPSA) is 41.4 Å². The van der Waals surface area contributed by atoms with Crippen LogP contribution in [0.2, 0.25) is 5.02 Å². The average Bonchev–Trinajstić information content (AvgIpc) is 2.56. The fourth-order valence-corrected chi connectivity index (χ4v) is 3.01. The van der Waals surface area contributed by atoms with Gasteiger partial charge in [-0.05, 0) is 17.7 Å². The van der Waals surface area contributed by atoms with Crippen LogP contribution in [0, 0.1) is 5.82 Å². The molecule has 1 aromatic carbocycles. The SMILES string of the molecule is Cn1ncc(N2CCN(Cc3ccc(F)cc3)CC2)c(Cl)c1=O. The number of anilines is 1. The maximum absolute atomic E-state index is 12.9. The molecule has 0 saturated carbocycles. The number of nitrogens with zero attached hydrogens (tertiary/aromatic N) is 4. The van der Waals surface area contributed by atoms with Gasteiger partial charge >= 0.3 is 0 Å². The molecule has 0 amide bonds. The third-order valence-corrected chi connectivity index (χ3v) is 4.45. The lowest BCUT2D eigenvalue weighted by Gasteiger charge is -2.36. The molecule has 0 spiro atoms. The van der Waals surface area contributed by atoms with Gasteiger partial charge in [-0.3, -0.25) is 9.69 Å². The van der Waals surface area contributed by atoms with Crippen molar-refractivity contribution in [2.45, 2.75) is 6.54 Å². The van der Waals surface area contributed by atoms with Gasteiger partial charge in [0.25, 0.3) is 5.56 Å². The second-order valence-corrected chi connectivity index (χ2v) is 6.04. The second kappa shape index (κ2) is 6.68. The number of rotatable bonds is 3. The Hall–Kier alpha value is -1.92. The van der Waals surface area contributed by atoms with Gasteiger partial charge in [-0.15, -0.1) is 0 Å². The molecule has 0 N–H and O–H groups in total. The number of benzene rings is 1. The summed E-state index contributed by atoms with van der Waals surface area (Å²) in [4.78, 5) is 16.2. The molecule has 1 aromatic heterocycles.